The standard InChI is InChI=1S/C10H14.C5H12.C3H8.C2H6.4CH4/c1-10(2,3)9-7-5-4-6-8-9;1-5(2,3)4;1-3-2;1-2;;;;/h4-8H,1-3H3;1-4H3;3H2,1-2H3;1-2H3;4*1H4. The largest absolute Gasteiger partial charge is 0.0776 e. The van der Waals surface area contributed by atoms with Crippen LogP contribution in [0.3, 0.4) is 0 Å². The zero-order chi connectivity index (χ0) is 16.8. The smallest absolute Gasteiger partial charge is 0.0132 e. The molecule has 0 nitrogen and oxygen atoms in total. The Morgan fingerprint density at radius 1 is 0.625 bits per heavy atom. The van der Waals surface area contributed by atoms with Gasteiger partial charge in [-0.25, -0.2) is 0 Å². The highest BCUT2D eigenvalue weighted by Gasteiger charge is 2.11. The van der Waals surface area contributed by atoms with E-state index in [0.29, 0.717) is 10.8 Å². The molecule has 0 aromatic heterocycles. The number of benzene rings is 1. The van der Waals surface area contributed by atoms with Gasteiger partial charge in [-0.3, -0.25) is 0 Å². The minimum Gasteiger partial charge on any atom is -0.0776 e. The lowest BCUT2D eigenvalue weighted by molar-refractivity contribution is 0.469. The second kappa shape index (κ2) is 24.5. The number of rotatable bonds is 0. The quantitative estimate of drug-likeness (QED) is 0.439. The van der Waals surface area contributed by atoms with Crippen molar-refractivity contribution in [1.82, 2.24) is 0 Å². The highest BCUT2D eigenvalue weighted by atomic mass is 14.2. The van der Waals surface area contributed by atoms with Crippen molar-refractivity contribution in [3.63, 3.8) is 0 Å². The van der Waals surface area contributed by atoms with Gasteiger partial charge in [-0.2, -0.15) is 0 Å². The summed E-state index contributed by atoms with van der Waals surface area (Å²) in [5, 5.41) is 0. The van der Waals surface area contributed by atoms with E-state index < -0.39 is 0 Å². The average Bonchev–Trinajstić information content (AvgIpc) is 2.31. The topological polar surface area (TPSA) is 0 Å². The van der Waals surface area contributed by atoms with Crippen LogP contribution >= 0.6 is 0 Å². The van der Waals surface area contributed by atoms with Gasteiger partial charge in [-0.1, -0.05) is 143 Å². The predicted molar refractivity (Wildman–Crippen MR) is 125 cm³/mol. The summed E-state index contributed by atoms with van der Waals surface area (Å²) >= 11 is 0. The Balaban J connectivity index is -0.0000000362. The first-order valence-corrected chi connectivity index (χ1v) is 8.07. The van der Waals surface area contributed by atoms with Crippen molar-refractivity contribution >= 4 is 0 Å². The van der Waals surface area contributed by atoms with E-state index in [1.54, 1.807) is 0 Å². The first-order chi connectivity index (χ1) is 9.02. The summed E-state index contributed by atoms with van der Waals surface area (Å²) in [5.74, 6) is 0. The fourth-order valence-electron chi connectivity index (χ4n) is 0.938. The Kier molecular flexibility index (Phi) is 44.4. The van der Waals surface area contributed by atoms with Crippen molar-refractivity contribution in [2.24, 2.45) is 5.41 Å². The van der Waals surface area contributed by atoms with E-state index in [2.05, 4.69) is 92.6 Å². The van der Waals surface area contributed by atoms with Crippen molar-refractivity contribution in [1.29, 1.82) is 0 Å². The van der Waals surface area contributed by atoms with Crippen LogP contribution in [0, 0.1) is 5.41 Å². The maximum atomic E-state index is 2.22. The van der Waals surface area contributed by atoms with Crippen molar-refractivity contribution < 1.29 is 0 Å². The number of hydrogen-bond donors (Lipinski definition) is 0. The molecule has 0 unspecified atom stereocenters. The summed E-state index contributed by atoms with van der Waals surface area (Å²) in [6, 6.07) is 10.6. The minimum absolute atomic E-state index is 0. The first-order valence-electron chi connectivity index (χ1n) is 8.07. The van der Waals surface area contributed by atoms with Gasteiger partial charge in [0.25, 0.3) is 0 Å². The highest BCUT2D eigenvalue weighted by Crippen LogP contribution is 2.20. The van der Waals surface area contributed by atoms with Crippen LogP contribution in [0.4, 0.5) is 0 Å². The van der Waals surface area contributed by atoms with E-state index in [4.69, 9.17) is 0 Å². The van der Waals surface area contributed by atoms with Gasteiger partial charge < -0.3 is 0 Å². The van der Waals surface area contributed by atoms with E-state index in [0.717, 1.165) is 0 Å². The monoisotopic (exact) mass is 344 g/mol. The molecule has 152 valence electrons. The molecular formula is C24H56. The summed E-state index contributed by atoms with van der Waals surface area (Å²) in [6.07, 6.45) is 1.25. The number of hydrogen-bond acceptors (Lipinski definition) is 0. The van der Waals surface area contributed by atoms with Crippen LogP contribution in [0.1, 0.15) is 118 Å². The maximum Gasteiger partial charge on any atom is -0.0132 e. The molecule has 0 heterocycles. The van der Waals surface area contributed by atoms with Gasteiger partial charge in [0.2, 0.25) is 0 Å². The van der Waals surface area contributed by atoms with Gasteiger partial charge in [0.05, 0.1) is 0 Å². The van der Waals surface area contributed by atoms with Gasteiger partial charge in [-0.05, 0) is 16.4 Å². The Hall–Kier alpha value is -0.780. The fraction of sp³-hybridized carbons (Fsp3) is 0.750. The van der Waals surface area contributed by atoms with Gasteiger partial charge in [-0.15, -0.1) is 0 Å². The molecule has 0 saturated carbocycles. The first kappa shape index (κ1) is 43.6. The van der Waals surface area contributed by atoms with Crippen LogP contribution in [0.15, 0.2) is 30.3 Å². The van der Waals surface area contributed by atoms with Crippen molar-refractivity contribution in [2.75, 3.05) is 0 Å². The molecule has 1 rings (SSSR count). The van der Waals surface area contributed by atoms with Crippen LogP contribution in [0.25, 0.3) is 0 Å². The molecule has 0 heteroatoms. The molecule has 0 aliphatic carbocycles. The van der Waals surface area contributed by atoms with Gasteiger partial charge in [0, 0.05) is 0 Å². The second-order valence-corrected chi connectivity index (χ2v) is 7.32. The molecule has 0 radical (unpaired) electrons. The van der Waals surface area contributed by atoms with E-state index in [1.807, 2.05) is 13.8 Å². The SMILES string of the molecule is C.C.C.C.CC.CC(C)(C)C.CC(C)(C)c1ccccc1.CCC. The average molecular weight is 345 g/mol. The fourth-order valence-corrected chi connectivity index (χ4v) is 0.938. The van der Waals surface area contributed by atoms with Gasteiger partial charge in [0.15, 0.2) is 0 Å². The lowest BCUT2D eigenvalue weighted by Crippen LogP contribution is -2.10. The van der Waals surface area contributed by atoms with Crippen LogP contribution in [-0.2, 0) is 5.41 Å². The highest BCUT2D eigenvalue weighted by molar-refractivity contribution is 5.21. The molecule has 0 aliphatic rings. The Morgan fingerprint density at radius 2 is 0.833 bits per heavy atom. The van der Waals surface area contributed by atoms with Crippen LogP contribution in [0.5, 0.6) is 0 Å². The van der Waals surface area contributed by atoms with E-state index in [1.165, 1.54) is 12.0 Å². The lowest BCUT2D eigenvalue weighted by atomic mass is 9.87. The van der Waals surface area contributed by atoms with Crippen LogP contribution in [0.2, 0.25) is 0 Å². The summed E-state index contributed by atoms with van der Waals surface area (Å²) in [6.45, 7) is 23.7. The van der Waals surface area contributed by atoms with Crippen molar-refractivity contribution in [2.45, 2.75) is 118 Å². The Labute approximate surface area is 159 Å². The van der Waals surface area contributed by atoms with E-state index in [-0.39, 0.29) is 29.7 Å². The van der Waals surface area contributed by atoms with Crippen LogP contribution in [-0.4, -0.2) is 0 Å². The Bertz CT molecular complexity index is 263. The molecule has 0 aliphatic heterocycles. The molecular weight excluding hydrogens is 288 g/mol. The summed E-state index contributed by atoms with van der Waals surface area (Å²) in [7, 11) is 0. The molecule has 0 N–H and O–H groups in total. The molecule has 0 fully saturated rings. The predicted octanol–water partition coefficient (Wildman–Crippen LogP) is 10.0. The zero-order valence-corrected chi connectivity index (χ0v) is 16.1. The molecule has 24 heavy (non-hydrogen) atoms. The second-order valence-electron chi connectivity index (χ2n) is 7.32. The van der Waals surface area contributed by atoms with Gasteiger partial charge >= 0.3 is 0 Å². The normalized spacial score (nSPS) is 8.29. The van der Waals surface area contributed by atoms with E-state index in [9.17, 15) is 0 Å². The Morgan fingerprint density at radius 3 is 0.958 bits per heavy atom. The maximum absolute atomic E-state index is 2.22. The molecule has 0 spiro atoms. The summed E-state index contributed by atoms with van der Waals surface area (Å²) in [5.41, 5.74) is 2.19. The third-order valence-corrected chi connectivity index (χ3v) is 1.64. The molecule has 0 atom stereocenters. The third-order valence-electron chi connectivity index (χ3n) is 1.64. The third kappa shape index (κ3) is 49.6. The zero-order valence-electron chi connectivity index (χ0n) is 16.1. The van der Waals surface area contributed by atoms with Crippen molar-refractivity contribution in [3.8, 4) is 0 Å². The van der Waals surface area contributed by atoms with Crippen molar-refractivity contribution in [3.05, 3.63) is 35.9 Å². The molecule has 1 aromatic carbocycles. The molecule has 0 saturated heterocycles. The molecule has 0 amide bonds. The van der Waals surface area contributed by atoms with Crippen LogP contribution < -0.4 is 0 Å². The molecule has 1 aromatic rings. The lowest BCUT2D eigenvalue weighted by Gasteiger charge is -2.18. The van der Waals surface area contributed by atoms with Gasteiger partial charge in [0.1, 0.15) is 0 Å². The summed E-state index contributed by atoms with van der Waals surface area (Å²) in [4.78, 5) is 0. The summed E-state index contributed by atoms with van der Waals surface area (Å²) < 4.78 is 0. The van der Waals surface area contributed by atoms with E-state index >= 15 is 0 Å². The molecule has 0 bridgehead atoms. The minimum atomic E-state index is 0.